The topological polar surface area (TPSA) is 43.4 Å². The Morgan fingerprint density at radius 1 is 1.36 bits per heavy atom. The number of hydrogen-bond acceptors (Lipinski definition) is 3. The van der Waals surface area contributed by atoms with Crippen molar-refractivity contribution in [1.29, 1.82) is 0 Å². The highest BCUT2D eigenvalue weighted by Gasteiger charge is 2.52. The van der Waals surface area contributed by atoms with Gasteiger partial charge in [-0.15, -0.1) is 0 Å². The first-order chi connectivity index (χ1) is 6.64. The predicted molar refractivity (Wildman–Crippen MR) is 50.9 cm³/mol. The van der Waals surface area contributed by atoms with Gasteiger partial charge in [0.15, 0.2) is 0 Å². The van der Waals surface area contributed by atoms with Crippen LogP contribution >= 0.6 is 11.6 Å². The lowest BCUT2D eigenvalue weighted by Gasteiger charge is -2.35. The summed E-state index contributed by atoms with van der Waals surface area (Å²) < 4.78 is 5.32. The van der Waals surface area contributed by atoms with Crippen LogP contribution in [-0.4, -0.2) is 16.8 Å². The molecular formula is C10H13ClO3. The van der Waals surface area contributed by atoms with E-state index in [1.54, 1.807) is 0 Å². The molecule has 2 aliphatic rings. The van der Waals surface area contributed by atoms with Gasteiger partial charge in [0, 0.05) is 0 Å². The second-order valence-electron chi connectivity index (χ2n) is 4.16. The Morgan fingerprint density at radius 2 is 2.00 bits per heavy atom. The summed E-state index contributed by atoms with van der Waals surface area (Å²) in [7, 11) is 0. The summed E-state index contributed by atoms with van der Waals surface area (Å²) in [5.41, 5.74) is -0.547. The van der Waals surface area contributed by atoms with E-state index in [-0.39, 0.29) is 12.4 Å². The Morgan fingerprint density at radius 3 is 2.57 bits per heavy atom. The number of carbonyl (C=O) groups excluding carboxylic acids is 2. The Balaban J connectivity index is 2.21. The van der Waals surface area contributed by atoms with Gasteiger partial charge in [0.1, 0.15) is 5.60 Å². The fourth-order valence-corrected chi connectivity index (χ4v) is 2.86. The molecular weight excluding hydrogens is 204 g/mol. The van der Waals surface area contributed by atoms with Gasteiger partial charge in [0.25, 0.3) is 0 Å². The van der Waals surface area contributed by atoms with Gasteiger partial charge in [-0.2, -0.15) is 0 Å². The lowest BCUT2D eigenvalue weighted by atomic mass is 9.76. The molecule has 0 aromatic rings. The summed E-state index contributed by atoms with van der Waals surface area (Å²) >= 11 is 5.50. The van der Waals surface area contributed by atoms with E-state index >= 15 is 0 Å². The van der Waals surface area contributed by atoms with Crippen molar-refractivity contribution in [3.63, 3.8) is 0 Å². The fourth-order valence-electron chi connectivity index (χ4n) is 2.58. The minimum atomic E-state index is -0.547. The molecule has 1 heterocycles. The SMILES string of the molecule is O=C1CC(C(=O)Cl)C2(CCCCC2)O1. The molecule has 1 spiro atoms. The van der Waals surface area contributed by atoms with Crippen LogP contribution in [0.1, 0.15) is 38.5 Å². The van der Waals surface area contributed by atoms with E-state index < -0.39 is 16.8 Å². The van der Waals surface area contributed by atoms with Crippen molar-refractivity contribution < 1.29 is 14.3 Å². The van der Waals surface area contributed by atoms with Gasteiger partial charge in [0.2, 0.25) is 5.24 Å². The summed E-state index contributed by atoms with van der Waals surface area (Å²) in [4.78, 5) is 22.4. The third-order valence-corrected chi connectivity index (χ3v) is 3.56. The molecule has 1 unspecified atom stereocenters. The van der Waals surface area contributed by atoms with Gasteiger partial charge in [-0.05, 0) is 37.3 Å². The van der Waals surface area contributed by atoms with Gasteiger partial charge in [0.05, 0.1) is 12.3 Å². The van der Waals surface area contributed by atoms with Crippen LogP contribution in [0.4, 0.5) is 0 Å². The Bertz CT molecular complexity index is 269. The van der Waals surface area contributed by atoms with E-state index in [0.29, 0.717) is 0 Å². The molecule has 0 amide bonds. The lowest BCUT2D eigenvalue weighted by Crippen LogP contribution is -2.40. The summed E-state index contributed by atoms with van der Waals surface area (Å²) in [5.74, 6) is -0.678. The zero-order valence-electron chi connectivity index (χ0n) is 7.92. The van der Waals surface area contributed by atoms with Gasteiger partial charge >= 0.3 is 5.97 Å². The van der Waals surface area contributed by atoms with Gasteiger partial charge in [-0.1, -0.05) is 6.42 Å². The van der Waals surface area contributed by atoms with Crippen molar-refractivity contribution in [2.45, 2.75) is 44.1 Å². The van der Waals surface area contributed by atoms with Crippen LogP contribution in [0.5, 0.6) is 0 Å². The smallest absolute Gasteiger partial charge is 0.307 e. The fraction of sp³-hybridized carbons (Fsp3) is 0.800. The standard InChI is InChI=1S/C10H13ClO3/c11-9(13)7-6-8(12)14-10(7)4-2-1-3-5-10/h7H,1-6H2. The Kier molecular flexibility index (Phi) is 2.52. The van der Waals surface area contributed by atoms with Crippen LogP contribution in [0.15, 0.2) is 0 Å². The molecule has 2 fully saturated rings. The summed E-state index contributed by atoms with van der Waals surface area (Å²) in [6.07, 6.45) is 4.95. The second-order valence-corrected chi connectivity index (χ2v) is 4.53. The highest BCUT2D eigenvalue weighted by Crippen LogP contribution is 2.44. The zero-order valence-corrected chi connectivity index (χ0v) is 8.68. The third kappa shape index (κ3) is 1.54. The lowest BCUT2D eigenvalue weighted by molar-refractivity contribution is -0.152. The quantitative estimate of drug-likeness (QED) is 0.498. The maximum Gasteiger partial charge on any atom is 0.307 e. The van der Waals surface area contributed by atoms with Crippen molar-refractivity contribution in [3.8, 4) is 0 Å². The maximum atomic E-state index is 11.2. The molecule has 14 heavy (non-hydrogen) atoms. The number of hydrogen-bond donors (Lipinski definition) is 0. The largest absolute Gasteiger partial charge is 0.458 e. The predicted octanol–water partition coefficient (Wildman–Crippen LogP) is 2.02. The van der Waals surface area contributed by atoms with Gasteiger partial charge in [-0.25, -0.2) is 0 Å². The molecule has 2 rings (SSSR count). The van der Waals surface area contributed by atoms with Crippen LogP contribution in [0, 0.1) is 5.92 Å². The number of ether oxygens (including phenoxy) is 1. The number of esters is 1. The maximum absolute atomic E-state index is 11.2. The first kappa shape index (κ1) is 9.97. The van der Waals surface area contributed by atoms with E-state index in [1.165, 1.54) is 0 Å². The number of rotatable bonds is 1. The molecule has 0 N–H and O–H groups in total. The molecule has 1 atom stereocenters. The Hall–Kier alpha value is -0.570. The molecule has 4 heteroatoms. The van der Waals surface area contributed by atoms with Crippen molar-refractivity contribution in [1.82, 2.24) is 0 Å². The molecule has 0 aromatic heterocycles. The van der Waals surface area contributed by atoms with Crippen LogP contribution in [0.3, 0.4) is 0 Å². The average molecular weight is 217 g/mol. The van der Waals surface area contributed by atoms with Gasteiger partial charge in [-0.3, -0.25) is 9.59 Å². The monoisotopic (exact) mass is 216 g/mol. The van der Waals surface area contributed by atoms with Crippen LogP contribution in [0.25, 0.3) is 0 Å². The van der Waals surface area contributed by atoms with Crippen LogP contribution in [-0.2, 0) is 14.3 Å². The van der Waals surface area contributed by atoms with Crippen molar-refractivity contribution in [2.24, 2.45) is 5.92 Å². The third-order valence-electron chi connectivity index (χ3n) is 3.30. The Labute approximate surface area is 87.8 Å². The van der Waals surface area contributed by atoms with Crippen LogP contribution < -0.4 is 0 Å². The summed E-state index contributed by atoms with van der Waals surface area (Å²) in [6, 6.07) is 0. The molecule has 3 nitrogen and oxygen atoms in total. The summed E-state index contributed by atoms with van der Waals surface area (Å²) in [5, 5.41) is -0.419. The normalized spacial score (nSPS) is 30.4. The zero-order chi connectivity index (χ0) is 10.2. The highest BCUT2D eigenvalue weighted by molar-refractivity contribution is 6.64. The molecule has 1 aliphatic heterocycles. The van der Waals surface area contributed by atoms with E-state index in [0.717, 1.165) is 32.1 Å². The highest BCUT2D eigenvalue weighted by atomic mass is 35.5. The van der Waals surface area contributed by atoms with Gasteiger partial charge < -0.3 is 4.74 Å². The molecule has 1 aliphatic carbocycles. The molecule has 0 aromatic carbocycles. The van der Waals surface area contributed by atoms with E-state index in [1.807, 2.05) is 0 Å². The average Bonchev–Trinajstić information content (AvgIpc) is 2.44. The number of carbonyl (C=O) groups is 2. The molecule has 0 bridgehead atoms. The minimum absolute atomic E-state index is 0.169. The molecule has 0 radical (unpaired) electrons. The van der Waals surface area contributed by atoms with Crippen LogP contribution in [0.2, 0.25) is 0 Å². The van der Waals surface area contributed by atoms with Crippen molar-refractivity contribution in [3.05, 3.63) is 0 Å². The van der Waals surface area contributed by atoms with E-state index in [2.05, 4.69) is 0 Å². The van der Waals surface area contributed by atoms with E-state index in [9.17, 15) is 9.59 Å². The first-order valence-corrected chi connectivity index (χ1v) is 5.43. The first-order valence-electron chi connectivity index (χ1n) is 5.05. The molecule has 78 valence electrons. The van der Waals surface area contributed by atoms with E-state index in [4.69, 9.17) is 16.3 Å². The molecule has 1 saturated carbocycles. The van der Waals surface area contributed by atoms with Crippen molar-refractivity contribution >= 4 is 22.8 Å². The number of halogens is 1. The minimum Gasteiger partial charge on any atom is -0.458 e. The molecule has 1 saturated heterocycles. The second kappa shape index (κ2) is 3.54. The summed E-state index contributed by atoms with van der Waals surface area (Å²) in [6.45, 7) is 0. The van der Waals surface area contributed by atoms with Crippen molar-refractivity contribution in [2.75, 3.05) is 0 Å².